The third-order valence-electron chi connectivity index (χ3n) is 5.42. The molecule has 2 aliphatic rings. The smallest absolute Gasteiger partial charge is 0.255 e. The van der Waals surface area contributed by atoms with Gasteiger partial charge in [0.1, 0.15) is 5.75 Å². The van der Waals surface area contributed by atoms with E-state index < -0.39 is 5.91 Å². The number of hydrogen-bond donors (Lipinski definition) is 2. The summed E-state index contributed by atoms with van der Waals surface area (Å²) in [5.74, 6) is 1.13. The van der Waals surface area contributed by atoms with Crippen LogP contribution < -0.4 is 15.8 Å². The Morgan fingerprint density at radius 3 is 2.56 bits per heavy atom. The number of rotatable bonds is 8. The Morgan fingerprint density at radius 2 is 1.88 bits per heavy atom. The lowest BCUT2D eigenvalue weighted by Gasteiger charge is -2.37. The van der Waals surface area contributed by atoms with Crippen molar-refractivity contribution >= 4 is 17.8 Å². The fraction of sp³-hybridized carbons (Fsp3) is 0.591. The fourth-order valence-corrected chi connectivity index (χ4v) is 3.70. The summed E-state index contributed by atoms with van der Waals surface area (Å²) >= 11 is 0. The first-order chi connectivity index (χ1) is 15.5. The highest BCUT2D eigenvalue weighted by Gasteiger charge is 2.24. The van der Waals surface area contributed by atoms with Gasteiger partial charge >= 0.3 is 0 Å². The molecule has 176 valence electrons. The molecule has 2 amide bonds. The lowest BCUT2D eigenvalue weighted by molar-refractivity contribution is -0.136. The van der Waals surface area contributed by atoms with Gasteiger partial charge in [-0.15, -0.1) is 0 Å². The molecule has 2 fully saturated rings. The quantitative estimate of drug-likeness (QED) is 0.409. The molecule has 10 nitrogen and oxygen atoms in total. The summed E-state index contributed by atoms with van der Waals surface area (Å²) in [6.45, 7) is 9.50. The molecule has 3 N–H and O–H groups in total. The Balaban J connectivity index is 1.51. The molecule has 0 bridgehead atoms. The van der Waals surface area contributed by atoms with Gasteiger partial charge in [-0.25, -0.2) is 4.99 Å². The monoisotopic (exact) mass is 446 g/mol. The number of nitrogens with zero attached hydrogens (tertiary/aromatic N) is 4. The van der Waals surface area contributed by atoms with Gasteiger partial charge in [0.25, 0.3) is 5.91 Å². The van der Waals surface area contributed by atoms with Crippen molar-refractivity contribution in [3.8, 4) is 5.75 Å². The van der Waals surface area contributed by atoms with Gasteiger partial charge < -0.3 is 30.3 Å². The van der Waals surface area contributed by atoms with Gasteiger partial charge in [-0.1, -0.05) is 12.1 Å². The zero-order valence-electron chi connectivity index (χ0n) is 18.8. The molecule has 1 aromatic rings. The van der Waals surface area contributed by atoms with Crippen molar-refractivity contribution in [1.82, 2.24) is 20.0 Å². The molecule has 32 heavy (non-hydrogen) atoms. The normalized spacial score (nSPS) is 17.8. The summed E-state index contributed by atoms with van der Waals surface area (Å²) in [5, 5.41) is 3.36. The molecule has 0 atom stereocenters. The number of nitrogens with two attached hydrogens (primary N) is 1. The fourth-order valence-electron chi connectivity index (χ4n) is 3.70. The number of amides is 2. The summed E-state index contributed by atoms with van der Waals surface area (Å²) in [7, 11) is 0. The second kappa shape index (κ2) is 12.3. The molecule has 3 rings (SSSR count). The molecular formula is C22H34N6O4. The number of nitrogens with one attached hydrogen (secondary N) is 1. The number of carbonyl (C=O) groups is 2. The summed E-state index contributed by atoms with van der Waals surface area (Å²) < 4.78 is 10.7. The molecular weight excluding hydrogens is 412 g/mol. The zero-order chi connectivity index (χ0) is 22.8. The van der Waals surface area contributed by atoms with Crippen LogP contribution in [-0.2, 0) is 20.9 Å². The van der Waals surface area contributed by atoms with Gasteiger partial charge in [0.2, 0.25) is 5.91 Å². The largest absolute Gasteiger partial charge is 0.484 e. The number of benzene rings is 1. The van der Waals surface area contributed by atoms with E-state index in [0.717, 1.165) is 44.2 Å². The van der Waals surface area contributed by atoms with Crippen LogP contribution in [0.5, 0.6) is 5.75 Å². The Kier molecular flexibility index (Phi) is 9.12. The lowest BCUT2D eigenvalue weighted by Crippen LogP contribution is -2.54. The number of morpholine rings is 1. The van der Waals surface area contributed by atoms with E-state index in [1.165, 1.54) is 0 Å². The molecule has 0 saturated carbocycles. The first-order valence-corrected chi connectivity index (χ1v) is 11.2. The SMILES string of the molecule is CCNC(=NCc1cccc(OCC(N)=O)c1)N1CCN(CC(=O)N2CCOCC2)CC1. The molecule has 0 radical (unpaired) electrons. The van der Waals surface area contributed by atoms with Gasteiger partial charge in [0.05, 0.1) is 26.3 Å². The minimum absolute atomic E-state index is 0.145. The average Bonchev–Trinajstić information content (AvgIpc) is 2.82. The number of ether oxygens (including phenoxy) is 2. The first-order valence-electron chi connectivity index (χ1n) is 11.2. The third kappa shape index (κ3) is 7.38. The van der Waals surface area contributed by atoms with E-state index in [9.17, 15) is 9.59 Å². The number of primary amides is 1. The summed E-state index contributed by atoms with van der Waals surface area (Å²) in [6, 6.07) is 7.50. The van der Waals surface area contributed by atoms with Crippen molar-refractivity contribution in [3.05, 3.63) is 29.8 Å². The average molecular weight is 447 g/mol. The van der Waals surface area contributed by atoms with E-state index in [1.807, 2.05) is 30.0 Å². The number of carbonyl (C=O) groups excluding carboxylic acids is 2. The van der Waals surface area contributed by atoms with E-state index in [1.54, 1.807) is 6.07 Å². The number of piperazine rings is 1. The van der Waals surface area contributed by atoms with Crippen molar-refractivity contribution in [2.24, 2.45) is 10.7 Å². The van der Waals surface area contributed by atoms with Crippen LogP contribution in [-0.4, -0.2) is 105 Å². The maximum Gasteiger partial charge on any atom is 0.255 e. The highest BCUT2D eigenvalue weighted by molar-refractivity contribution is 5.80. The molecule has 0 unspecified atom stereocenters. The predicted molar refractivity (Wildman–Crippen MR) is 121 cm³/mol. The van der Waals surface area contributed by atoms with Crippen molar-refractivity contribution in [3.63, 3.8) is 0 Å². The molecule has 0 spiro atoms. The topological polar surface area (TPSA) is 113 Å². The molecule has 1 aromatic carbocycles. The van der Waals surface area contributed by atoms with Crippen molar-refractivity contribution < 1.29 is 19.1 Å². The number of guanidine groups is 1. The molecule has 2 aliphatic heterocycles. The van der Waals surface area contributed by atoms with E-state index in [0.29, 0.717) is 45.1 Å². The molecule has 2 saturated heterocycles. The maximum atomic E-state index is 12.5. The maximum absolute atomic E-state index is 12.5. The molecule has 0 aromatic heterocycles. The third-order valence-corrected chi connectivity index (χ3v) is 5.42. The van der Waals surface area contributed by atoms with Crippen molar-refractivity contribution in [1.29, 1.82) is 0 Å². The Hall–Kier alpha value is -2.85. The second-order valence-corrected chi connectivity index (χ2v) is 7.83. The van der Waals surface area contributed by atoms with Crippen LogP contribution in [0.1, 0.15) is 12.5 Å². The number of hydrogen-bond acceptors (Lipinski definition) is 6. The van der Waals surface area contributed by atoms with Crippen LogP contribution >= 0.6 is 0 Å². The van der Waals surface area contributed by atoms with Gasteiger partial charge in [0, 0.05) is 45.8 Å². The minimum Gasteiger partial charge on any atom is -0.484 e. The van der Waals surface area contributed by atoms with Crippen LogP contribution in [0, 0.1) is 0 Å². The predicted octanol–water partition coefficient (Wildman–Crippen LogP) is -0.507. The lowest BCUT2D eigenvalue weighted by atomic mass is 10.2. The molecule has 0 aliphatic carbocycles. The Bertz CT molecular complexity index is 788. The number of aliphatic imine (C=N–C) groups is 1. The van der Waals surface area contributed by atoms with E-state index >= 15 is 0 Å². The van der Waals surface area contributed by atoms with Gasteiger partial charge in [0.15, 0.2) is 12.6 Å². The van der Waals surface area contributed by atoms with E-state index in [2.05, 4.69) is 15.1 Å². The summed E-state index contributed by atoms with van der Waals surface area (Å²) in [6.07, 6.45) is 0. The van der Waals surface area contributed by atoms with Crippen LogP contribution in [0.3, 0.4) is 0 Å². The highest BCUT2D eigenvalue weighted by atomic mass is 16.5. The van der Waals surface area contributed by atoms with Crippen LogP contribution in [0.25, 0.3) is 0 Å². The minimum atomic E-state index is -0.506. The standard InChI is InChI=1S/C22H34N6O4/c1-2-24-22(25-15-18-4-3-5-19(14-18)32-17-20(23)29)28-8-6-26(7-9-28)16-21(30)27-10-12-31-13-11-27/h3-5,14H,2,6-13,15-17H2,1H3,(H2,23,29)(H,24,25). The van der Waals surface area contributed by atoms with Crippen LogP contribution in [0.15, 0.2) is 29.3 Å². The van der Waals surface area contributed by atoms with Crippen molar-refractivity contribution in [2.75, 3.05) is 72.2 Å². The van der Waals surface area contributed by atoms with Gasteiger partial charge in [-0.05, 0) is 24.6 Å². The second-order valence-electron chi connectivity index (χ2n) is 7.83. The van der Waals surface area contributed by atoms with E-state index in [-0.39, 0.29) is 12.5 Å². The Morgan fingerprint density at radius 1 is 1.12 bits per heavy atom. The first kappa shape index (κ1) is 23.8. The zero-order valence-corrected chi connectivity index (χ0v) is 18.8. The summed E-state index contributed by atoms with van der Waals surface area (Å²) in [5.41, 5.74) is 6.12. The van der Waals surface area contributed by atoms with Crippen LogP contribution in [0.2, 0.25) is 0 Å². The van der Waals surface area contributed by atoms with E-state index in [4.69, 9.17) is 20.2 Å². The van der Waals surface area contributed by atoms with Crippen LogP contribution in [0.4, 0.5) is 0 Å². The molecule has 2 heterocycles. The summed E-state index contributed by atoms with van der Waals surface area (Å²) in [4.78, 5) is 34.5. The van der Waals surface area contributed by atoms with Gasteiger partial charge in [-0.2, -0.15) is 0 Å². The Labute approximate surface area is 189 Å². The van der Waals surface area contributed by atoms with Crippen molar-refractivity contribution in [2.45, 2.75) is 13.5 Å². The van der Waals surface area contributed by atoms with Gasteiger partial charge in [-0.3, -0.25) is 14.5 Å². The highest BCUT2D eigenvalue weighted by Crippen LogP contribution is 2.14. The molecule has 10 heteroatoms.